The number of hydrogen-bond donors (Lipinski definition) is 1. The lowest BCUT2D eigenvalue weighted by atomic mass is 10.1. The van der Waals surface area contributed by atoms with Crippen LogP contribution in [0.5, 0.6) is 0 Å². The van der Waals surface area contributed by atoms with E-state index < -0.39 is 0 Å². The Morgan fingerprint density at radius 2 is 2.12 bits per heavy atom. The Morgan fingerprint density at radius 1 is 1.42 bits per heavy atom. The SMILES string of the molecule is C[C@H]1OCCN[C@@H]1C(=O)N(C)Cc1nc2ccccc2n1C.Cl.Cl. The van der Waals surface area contributed by atoms with Crippen LogP contribution in [0.4, 0.5) is 0 Å². The predicted molar refractivity (Wildman–Crippen MR) is 98.9 cm³/mol. The first kappa shape index (κ1) is 20.7. The molecule has 0 radical (unpaired) electrons. The summed E-state index contributed by atoms with van der Waals surface area (Å²) in [6.07, 6.45) is -0.107. The minimum atomic E-state index is -0.284. The van der Waals surface area contributed by atoms with Gasteiger partial charge in [-0.2, -0.15) is 0 Å². The van der Waals surface area contributed by atoms with Crippen molar-refractivity contribution < 1.29 is 9.53 Å². The molecule has 2 atom stereocenters. The van der Waals surface area contributed by atoms with E-state index in [1.54, 1.807) is 4.90 Å². The fourth-order valence-electron chi connectivity index (χ4n) is 2.87. The highest BCUT2D eigenvalue weighted by Crippen LogP contribution is 2.16. The fourth-order valence-corrected chi connectivity index (χ4v) is 2.87. The summed E-state index contributed by atoms with van der Waals surface area (Å²) in [5.74, 6) is 0.917. The molecule has 1 fully saturated rings. The number of ether oxygens (including phenoxy) is 1. The molecule has 8 heteroatoms. The van der Waals surface area contributed by atoms with Crippen molar-refractivity contribution in [3.8, 4) is 0 Å². The van der Waals surface area contributed by atoms with Crippen LogP contribution in [0, 0.1) is 0 Å². The van der Waals surface area contributed by atoms with Crippen LogP contribution < -0.4 is 5.32 Å². The molecule has 0 spiro atoms. The van der Waals surface area contributed by atoms with Crippen LogP contribution in [0.3, 0.4) is 0 Å². The van der Waals surface area contributed by atoms with E-state index >= 15 is 0 Å². The van der Waals surface area contributed by atoms with Gasteiger partial charge < -0.3 is 19.5 Å². The molecule has 1 aliphatic heterocycles. The Labute approximate surface area is 154 Å². The highest BCUT2D eigenvalue weighted by Gasteiger charge is 2.30. The Kier molecular flexibility index (Phi) is 7.48. The Balaban J connectivity index is 0.00000144. The molecule has 2 heterocycles. The summed E-state index contributed by atoms with van der Waals surface area (Å²) in [6.45, 7) is 3.77. The number of nitrogens with one attached hydrogen (secondary N) is 1. The van der Waals surface area contributed by atoms with Gasteiger partial charge in [-0.15, -0.1) is 24.8 Å². The second-order valence-electron chi connectivity index (χ2n) is 5.78. The van der Waals surface area contributed by atoms with Crippen molar-refractivity contribution in [2.75, 3.05) is 20.2 Å². The van der Waals surface area contributed by atoms with E-state index in [0.29, 0.717) is 19.7 Å². The zero-order valence-electron chi connectivity index (χ0n) is 14.1. The van der Waals surface area contributed by atoms with Crippen molar-refractivity contribution in [3.05, 3.63) is 30.1 Å². The highest BCUT2D eigenvalue weighted by molar-refractivity contribution is 5.85. The van der Waals surface area contributed by atoms with Crippen LogP contribution in [-0.4, -0.2) is 52.7 Å². The molecule has 1 aromatic heterocycles. The lowest BCUT2D eigenvalue weighted by Gasteiger charge is -2.32. The van der Waals surface area contributed by atoms with Crippen molar-refractivity contribution in [2.24, 2.45) is 7.05 Å². The van der Waals surface area contributed by atoms with Gasteiger partial charge in [-0.1, -0.05) is 12.1 Å². The summed E-state index contributed by atoms with van der Waals surface area (Å²) in [6, 6.07) is 7.70. The van der Waals surface area contributed by atoms with E-state index in [-0.39, 0.29) is 42.9 Å². The van der Waals surface area contributed by atoms with Crippen molar-refractivity contribution in [1.82, 2.24) is 19.8 Å². The van der Waals surface area contributed by atoms with E-state index in [2.05, 4.69) is 10.3 Å². The third kappa shape index (κ3) is 4.00. The number of hydrogen-bond acceptors (Lipinski definition) is 4. The molecule has 24 heavy (non-hydrogen) atoms. The number of aromatic nitrogens is 2. The number of rotatable bonds is 3. The molecule has 1 N–H and O–H groups in total. The van der Waals surface area contributed by atoms with Gasteiger partial charge in [0.15, 0.2) is 0 Å². The number of carbonyl (C=O) groups is 1. The lowest BCUT2D eigenvalue weighted by Crippen LogP contribution is -2.55. The first-order valence-electron chi connectivity index (χ1n) is 7.58. The molecule has 1 aromatic carbocycles. The smallest absolute Gasteiger partial charge is 0.242 e. The van der Waals surface area contributed by atoms with E-state index in [1.807, 2.05) is 49.9 Å². The number of amides is 1. The molecule has 1 saturated heterocycles. The van der Waals surface area contributed by atoms with Gasteiger partial charge in [0.05, 0.1) is 30.3 Å². The van der Waals surface area contributed by atoms with Gasteiger partial charge in [-0.05, 0) is 19.1 Å². The molecule has 0 bridgehead atoms. The predicted octanol–water partition coefficient (Wildman–Crippen LogP) is 1.75. The number of morpholine rings is 1. The second-order valence-corrected chi connectivity index (χ2v) is 5.78. The van der Waals surface area contributed by atoms with Crippen molar-refractivity contribution >= 4 is 41.8 Å². The largest absolute Gasteiger partial charge is 0.375 e. The van der Waals surface area contributed by atoms with Gasteiger partial charge in [0.2, 0.25) is 5.91 Å². The van der Waals surface area contributed by atoms with E-state index in [4.69, 9.17) is 4.74 Å². The quantitative estimate of drug-likeness (QED) is 0.888. The Morgan fingerprint density at radius 3 is 2.79 bits per heavy atom. The summed E-state index contributed by atoms with van der Waals surface area (Å²) in [7, 11) is 3.79. The molecule has 6 nitrogen and oxygen atoms in total. The molecule has 0 unspecified atom stereocenters. The Bertz CT molecular complexity index is 692. The van der Waals surface area contributed by atoms with Crippen LogP contribution in [0.25, 0.3) is 11.0 Å². The third-order valence-corrected chi connectivity index (χ3v) is 4.22. The zero-order valence-corrected chi connectivity index (χ0v) is 15.7. The molecular weight excluding hydrogens is 351 g/mol. The number of likely N-dealkylation sites (N-methyl/N-ethyl adjacent to an activating group) is 1. The van der Waals surface area contributed by atoms with E-state index in [9.17, 15) is 4.79 Å². The molecule has 1 amide bonds. The fraction of sp³-hybridized carbons (Fsp3) is 0.500. The molecular formula is C16H24Cl2N4O2. The molecule has 3 rings (SSSR count). The summed E-state index contributed by atoms with van der Waals surface area (Å²) < 4.78 is 7.59. The van der Waals surface area contributed by atoms with Gasteiger partial charge in [-0.25, -0.2) is 4.98 Å². The number of para-hydroxylation sites is 2. The topological polar surface area (TPSA) is 59.4 Å². The monoisotopic (exact) mass is 374 g/mol. The van der Waals surface area contributed by atoms with Crippen LogP contribution in [-0.2, 0) is 23.1 Å². The zero-order chi connectivity index (χ0) is 15.7. The number of benzene rings is 1. The summed E-state index contributed by atoms with van der Waals surface area (Å²) in [4.78, 5) is 18.9. The maximum absolute atomic E-state index is 12.6. The van der Waals surface area contributed by atoms with Crippen molar-refractivity contribution in [3.63, 3.8) is 0 Å². The normalized spacial score (nSPS) is 20.1. The average Bonchev–Trinajstić information content (AvgIpc) is 2.84. The van der Waals surface area contributed by atoms with E-state index in [1.165, 1.54) is 0 Å². The minimum absolute atomic E-state index is 0. The van der Waals surface area contributed by atoms with Gasteiger partial charge in [0.25, 0.3) is 0 Å². The average molecular weight is 375 g/mol. The van der Waals surface area contributed by atoms with Gasteiger partial charge >= 0.3 is 0 Å². The first-order valence-corrected chi connectivity index (χ1v) is 7.58. The lowest BCUT2D eigenvalue weighted by molar-refractivity contribution is -0.138. The van der Waals surface area contributed by atoms with Gasteiger partial charge in [-0.3, -0.25) is 4.79 Å². The van der Waals surface area contributed by atoms with Crippen molar-refractivity contribution in [2.45, 2.75) is 25.6 Å². The summed E-state index contributed by atoms with van der Waals surface area (Å²) in [5, 5.41) is 3.23. The second kappa shape index (κ2) is 8.67. The van der Waals surface area contributed by atoms with Crippen LogP contribution in [0.15, 0.2) is 24.3 Å². The van der Waals surface area contributed by atoms with Gasteiger partial charge in [0, 0.05) is 20.6 Å². The maximum atomic E-state index is 12.6. The number of halogens is 2. The van der Waals surface area contributed by atoms with Gasteiger partial charge in [0.1, 0.15) is 11.9 Å². The van der Waals surface area contributed by atoms with E-state index in [0.717, 1.165) is 16.9 Å². The maximum Gasteiger partial charge on any atom is 0.242 e. The summed E-state index contributed by atoms with van der Waals surface area (Å²) in [5.41, 5.74) is 2.03. The number of fused-ring (bicyclic) bond motifs is 1. The minimum Gasteiger partial charge on any atom is -0.375 e. The summed E-state index contributed by atoms with van der Waals surface area (Å²) >= 11 is 0. The molecule has 134 valence electrons. The molecule has 1 aliphatic rings. The number of carbonyl (C=O) groups excluding carboxylic acids is 1. The standard InChI is InChI=1S/C16H22N4O2.2ClH/c1-11-15(17-8-9-22-11)16(21)19(2)10-14-18-12-6-4-5-7-13(12)20(14)3;;/h4-7,11,15,17H,8-10H2,1-3H3;2*1H/t11-,15+;;/m1../s1. The number of aryl methyl sites for hydroxylation is 1. The third-order valence-electron chi connectivity index (χ3n) is 4.22. The van der Waals surface area contributed by atoms with Crippen LogP contribution in [0.2, 0.25) is 0 Å². The van der Waals surface area contributed by atoms with Crippen LogP contribution >= 0.6 is 24.8 Å². The van der Waals surface area contributed by atoms with Crippen molar-refractivity contribution in [1.29, 1.82) is 0 Å². The van der Waals surface area contributed by atoms with Crippen LogP contribution in [0.1, 0.15) is 12.7 Å². The first-order chi connectivity index (χ1) is 10.6. The molecule has 0 aliphatic carbocycles. The number of imidazole rings is 1. The Hall–Kier alpha value is -1.34. The molecule has 0 saturated carbocycles. The highest BCUT2D eigenvalue weighted by atomic mass is 35.5. The number of nitrogens with zero attached hydrogens (tertiary/aromatic N) is 3. The molecule has 2 aromatic rings.